The molecule has 3 heterocycles. The third-order valence-electron chi connectivity index (χ3n) is 4.42. The van der Waals surface area contributed by atoms with Gasteiger partial charge >= 0.3 is 0 Å². The molecule has 1 aromatic rings. The predicted octanol–water partition coefficient (Wildman–Crippen LogP) is 1.35. The Morgan fingerprint density at radius 2 is 2.17 bits per heavy atom. The maximum atomic E-state index is 6.02. The molecule has 0 aliphatic carbocycles. The maximum absolute atomic E-state index is 6.02. The van der Waals surface area contributed by atoms with E-state index in [9.17, 15) is 0 Å². The minimum Gasteiger partial charge on any atom is -0.333 e. The molecule has 18 heavy (non-hydrogen) atoms. The molecule has 2 N–H and O–H groups in total. The van der Waals surface area contributed by atoms with E-state index in [0.717, 1.165) is 19.4 Å². The molecule has 2 atom stereocenters. The Labute approximate surface area is 109 Å². The summed E-state index contributed by atoms with van der Waals surface area (Å²) < 4.78 is 2.28. The SMILES string of the molecule is CC(C)N1CCC(c2cn3c(n2)CCC(N)C3)C1. The van der Waals surface area contributed by atoms with E-state index >= 15 is 0 Å². The minimum absolute atomic E-state index is 0.315. The fourth-order valence-corrected chi connectivity index (χ4v) is 3.19. The molecule has 1 aromatic heterocycles. The lowest BCUT2D eigenvalue weighted by Crippen LogP contribution is -2.31. The number of hydrogen-bond acceptors (Lipinski definition) is 3. The number of likely N-dealkylation sites (tertiary alicyclic amines) is 1. The fourth-order valence-electron chi connectivity index (χ4n) is 3.19. The molecule has 0 amide bonds. The van der Waals surface area contributed by atoms with Crippen LogP contribution in [-0.2, 0) is 13.0 Å². The third kappa shape index (κ3) is 2.19. The van der Waals surface area contributed by atoms with Gasteiger partial charge < -0.3 is 15.2 Å². The smallest absolute Gasteiger partial charge is 0.109 e. The van der Waals surface area contributed by atoms with Crippen molar-refractivity contribution in [1.82, 2.24) is 14.5 Å². The second-order valence-corrected chi connectivity index (χ2v) is 6.11. The highest BCUT2D eigenvalue weighted by atomic mass is 15.2. The average Bonchev–Trinajstić information content (AvgIpc) is 2.93. The van der Waals surface area contributed by atoms with Gasteiger partial charge in [-0.25, -0.2) is 4.98 Å². The van der Waals surface area contributed by atoms with Crippen LogP contribution < -0.4 is 5.73 Å². The van der Waals surface area contributed by atoms with Gasteiger partial charge in [0.05, 0.1) is 5.69 Å². The van der Waals surface area contributed by atoms with E-state index in [1.807, 2.05) is 0 Å². The Morgan fingerprint density at radius 3 is 2.89 bits per heavy atom. The summed E-state index contributed by atoms with van der Waals surface area (Å²) in [6.07, 6.45) is 5.63. The van der Waals surface area contributed by atoms with Gasteiger partial charge in [0.15, 0.2) is 0 Å². The summed E-state index contributed by atoms with van der Waals surface area (Å²) in [4.78, 5) is 7.39. The first-order valence-electron chi connectivity index (χ1n) is 7.19. The normalized spacial score (nSPS) is 28.9. The summed E-state index contributed by atoms with van der Waals surface area (Å²) in [5, 5.41) is 0. The molecule has 0 saturated carbocycles. The van der Waals surface area contributed by atoms with Crippen LogP contribution in [0, 0.1) is 0 Å². The molecule has 1 fully saturated rings. The molecular weight excluding hydrogens is 224 g/mol. The Kier molecular flexibility index (Phi) is 3.16. The summed E-state index contributed by atoms with van der Waals surface area (Å²) in [5.74, 6) is 1.87. The van der Waals surface area contributed by atoms with E-state index in [0.29, 0.717) is 18.0 Å². The molecular formula is C14H24N4. The Morgan fingerprint density at radius 1 is 1.33 bits per heavy atom. The average molecular weight is 248 g/mol. The van der Waals surface area contributed by atoms with Crippen molar-refractivity contribution >= 4 is 0 Å². The van der Waals surface area contributed by atoms with Crippen molar-refractivity contribution in [3.63, 3.8) is 0 Å². The van der Waals surface area contributed by atoms with Crippen molar-refractivity contribution in [2.24, 2.45) is 5.73 Å². The summed E-state index contributed by atoms with van der Waals surface area (Å²) in [6, 6.07) is 0.968. The predicted molar refractivity (Wildman–Crippen MR) is 72.6 cm³/mol. The Bertz CT molecular complexity index is 423. The number of hydrogen-bond donors (Lipinski definition) is 1. The molecule has 2 aliphatic rings. The van der Waals surface area contributed by atoms with E-state index in [2.05, 4.69) is 29.5 Å². The number of nitrogens with two attached hydrogens (primary N) is 1. The van der Waals surface area contributed by atoms with Crippen LogP contribution >= 0.6 is 0 Å². The zero-order valence-corrected chi connectivity index (χ0v) is 11.5. The van der Waals surface area contributed by atoms with Crippen molar-refractivity contribution in [3.8, 4) is 0 Å². The van der Waals surface area contributed by atoms with Crippen molar-refractivity contribution in [1.29, 1.82) is 0 Å². The first kappa shape index (κ1) is 12.2. The van der Waals surface area contributed by atoms with E-state index in [4.69, 9.17) is 10.7 Å². The first-order valence-corrected chi connectivity index (χ1v) is 7.19. The van der Waals surface area contributed by atoms with Gasteiger partial charge in [0.2, 0.25) is 0 Å². The zero-order valence-electron chi connectivity index (χ0n) is 11.5. The number of nitrogens with zero attached hydrogens (tertiary/aromatic N) is 3. The molecule has 4 heteroatoms. The molecule has 3 rings (SSSR count). The summed E-state index contributed by atoms with van der Waals surface area (Å²) >= 11 is 0. The van der Waals surface area contributed by atoms with Crippen LogP contribution in [0.2, 0.25) is 0 Å². The molecule has 1 saturated heterocycles. The molecule has 2 aliphatic heterocycles. The summed E-state index contributed by atoms with van der Waals surface area (Å²) in [5.41, 5.74) is 7.31. The van der Waals surface area contributed by atoms with Crippen LogP contribution in [0.25, 0.3) is 0 Å². The number of rotatable bonds is 2. The van der Waals surface area contributed by atoms with Crippen LogP contribution in [0.4, 0.5) is 0 Å². The second-order valence-electron chi connectivity index (χ2n) is 6.11. The summed E-state index contributed by atoms with van der Waals surface area (Å²) in [6.45, 7) is 7.88. The standard InChI is InChI=1S/C14H24N4/c1-10(2)17-6-5-11(7-17)13-9-18-8-12(15)3-4-14(18)16-13/h9-12H,3-8,15H2,1-2H3. The lowest BCUT2D eigenvalue weighted by atomic mass is 10.1. The number of fused-ring (bicyclic) bond motifs is 1. The van der Waals surface area contributed by atoms with Gasteiger partial charge in [-0.05, 0) is 33.2 Å². The van der Waals surface area contributed by atoms with Gasteiger partial charge in [0.25, 0.3) is 0 Å². The molecule has 0 bridgehead atoms. The molecule has 2 unspecified atom stereocenters. The second kappa shape index (κ2) is 4.67. The van der Waals surface area contributed by atoms with Crippen molar-refractivity contribution in [2.75, 3.05) is 13.1 Å². The largest absolute Gasteiger partial charge is 0.333 e. The highest BCUT2D eigenvalue weighted by molar-refractivity contribution is 5.14. The van der Waals surface area contributed by atoms with E-state index in [-0.39, 0.29) is 0 Å². The van der Waals surface area contributed by atoms with E-state index in [1.54, 1.807) is 0 Å². The number of aryl methyl sites for hydroxylation is 1. The third-order valence-corrected chi connectivity index (χ3v) is 4.42. The van der Waals surface area contributed by atoms with Crippen molar-refractivity contribution in [2.45, 2.75) is 57.7 Å². The molecule has 4 nitrogen and oxygen atoms in total. The highest BCUT2D eigenvalue weighted by Crippen LogP contribution is 2.28. The first-order chi connectivity index (χ1) is 8.63. The van der Waals surface area contributed by atoms with Crippen molar-refractivity contribution in [3.05, 3.63) is 17.7 Å². The van der Waals surface area contributed by atoms with Crippen LogP contribution in [0.3, 0.4) is 0 Å². The number of imidazole rings is 1. The van der Waals surface area contributed by atoms with E-state index < -0.39 is 0 Å². The molecule has 100 valence electrons. The van der Waals surface area contributed by atoms with Crippen LogP contribution in [0.5, 0.6) is 0 Å². The van der Waals surface area contributed by atoms with Crippen molar-refractivity contribution < 1.29 is 0 Å². The van der Waals surface area contributed by atoms with Crippen LogP contribution in [0.15, 0.2) is 6.20 Å². The van der Waals surface area contributed by atoms with Gasteiger partial charge in [-0.1, -0.05) is 0 Å². The molecule has 0 aromatic carbocycles. The van der Waals surface area contributed by atoms with Gasteiger partial charge in [-0.15, -0.1) is 0 Å². The maximum Gasteiger partial charge on any atom is 0.109 e. The highest BCUT2D eigenvalue weighted by Gasteiger charge is 2.28. The van der Waals surface area contributed by atoms with Gasteiger partial charge in [0, 0.05) is 43.7 Å². The van der Waals surface area contributed by atoms with Gasteiger partial charge in [0.1, 0.15) is 5.82 Å². The monoisotopic (exact) mass is 248 g/mol. The quantitative estimate of drug-likeness (QED) is 0.859. The lowest BCUT2D eigenvalue weighted by molar-refractivity contribution is 0.272. The van der Waals surface area contributed by atoms with Crippen LogP contribution in [0.1, 0.15) is 44.1 Å². The Hall–Kier alpha value is -0.870. The van der Waals surface area contributed by atoms with Gasteiger partial charge in [-0.3, -0.25) is 0 Å². The molecule has 0 radical (unpaired) electrons. The fraction of sp³-hybridized carbons (Fsp3) is 0.786. The molecule has 0 spiro atoms. The van der Waals surface area contributed by atoms with Crippen LogP contribution in [-0.4, -0.2) is 39.6 Å². The minimum atomic E-state index is 0.315. The van der Waals surface area contributed by atoms with E-state index in [1.165, 1.54) is 31.0 Å². The summed E-state index contributed by atoms with van der Waals surface area (Å²) in [7, 11) is 0. The Balaban J connectivity index is 1.74. The lowest BCUT2D eigenvalue weighted by Gasteiger charge is -2.19. The zero-order chi connectivity index (χ0) is 12.7. The number of aromatic nitrogens is 2. The van der Waals surface area contributed by atoms with Gasteiger partial charge in [-0.2, -0.15) is 0 Å². The topological polar surface area (TPSA) is 47.1 Å².